The van der Waals surface area contributed by atoms with Crippen LogP contribution in [0.15, 0.2) is 0 Å². The lowest BCUT2D eigenvalue weighted by molar-refractivity contribution is 0.295. The van der Waals surface area contributed by atoms with Gasteiger partial charge in [0, 0.05) is 0 Å². The van der Waals surface area contributed by atoms with Crippen molar-refractivity contribution in [1.29, 1.82) is 0 Å². The van der Waals surface area contributed by atoms with E-state index in [1.807, 2.05) is 0 Å². The minimum Gasteiger partial charge on any atom is -0.214 e. The maximum Gasteiger partial charge on any atom is 0.229 e. The number of halogens is 2. The molecule has 0 saturated heterocycles. The van der Waals surface area contributed by atoms with E-state index >= 15 is 0 Å². The van der Waals surface area contributed by atoms with Crippen LogP contribution < -0.4 is 0 Å². The maximum absolute atomic E-state index is 9.62. The van der Waals surface area contributed by atoms with E-state index in [0.29, 0.717) is 0 Å². The van der Waals surface area contributed by atoms with Crippen LogP contribution in [0.25, 0.3) is 0 Å². The van der Waals surface area contributed by atoms with E-state index in [-0.39, 0.29) is 13.5 Å². The van der Waals surface area contributed by atoms with Crippen LogP contribution in [-0.4, -0.2) is 6.93 Å². The number of hydrogen-bond acceptors (Lipinski definition) is 0. The highest BCUT2D eigenvalue weighted by atomic mass is 32.1. The van der Waals surface area contributed by atoms with Crippen LogP contribution in [0.5, 0.6) is 0 Å². The summed E-state index contributed by atoms with van der Waals surface area (Å²) in [6.45, 7) is -1.75. The second-order valence-corrected chi connectivity index (χ2v) is 0.101. The molecule has 28 valence electrons. The van der Waals surface area contributed by atoms with Crippen molar-refractivity contribution in [2.75, 3.05) is 6.93 Å². The normalized spacial score (nSPS) is 4.50. The van der Waals surface area contributed by atoms with Gasteiger partial charge >= 0.3 is 0 Å². The summed E-state index contributed by atoms with van der Waals surface area (Å²) >= 11 is 0. The predicted molar refractivity (Wildman–Crippen MR) is 17.5 cm³/mol. The Morgan fingerprint density at radius 2 is 1.25 bits per heavy atom. The predicted octanol–water partition coefficient (Wildman–Crippen LogP) is 0.996. The topological polar surface area (TPSA) is 0 Å². The molecule has 0 aromatic rings. The van der Waals surface area contributed by atoms with Gasteiger partial charge in [-0.1, -0.05) is 0 Å². The zero-order valence-electron chi connectivity index (χ0n) is 1.96. The summed E-state index contributed by atoms with van der Waals surface area (Å²) in [5.74, 6) is 0. The molecule has 0 bridgehead atoms. The first-order chi connectivity index (χ1) is 1.41. The summed E-state index contributed by atoms with van der Waals surface area (Å²) in [7, 11) is 0. The Morgan fingerprint density at radius 3 is 1.25 bits per heavy atom. The summed E-state index contributed by atoms with van der Waals surface area (Å²) in [6, 6.07) is 0. The molecule has 0 spiro atoms. The van der Waals surface area contributed by atoms with Crippen molar-refractivity contribution in [1.82, 2.24) is 0 Å². The first-order valence-electron chi connectivity index (χ1n) is 0.535. The fraction of sp³-hybridized carbons (Fsp3) is 1.00. The molecular weight excluding hydrogens is 82.1 g/mol. The molecule has 0 aromatic carbocycles. The highest BCUT2D eigenvalue weighted by Crippen LogP contribution is 1.56. The molecule has 0 aromatic heterocycles. The van der Waals surface area contributed by atoms with E-state index in [1.165, 1.54) is 0 Å². The molecule has 0 heterocycles. The Labute approximate surface area is 30.3 Å². The Morgan fingerprint density at radius 1 is 1.25 bits per heavy atom. The molecule has 0 atom stereocenters. The SMILES string of the molecule is FCF.S. The smallest absolute Gasteiger partial charge is 0.214 e. The third-order valence-corrected chi connectivity index (χ3v) is 0. The average Bonchev–Trinajstić information content (AvgIpc) is 0.918. The first-order valence-corrected chi connectivity index (χ1v) is 0.535. The highest BCUT2D eigenvalue weighted by Gasteiger charge is 1.44. The van der Waals surface area contributed by atoms with Crippen molar-refractivity contribution in [3.8, 4) is 0 Å². The third kappa shape index (κ3) is 73.4. The molecule has 0 aliphatic rings. The van der Waals surface area contributed by atoms with Crippen molar-refractivity contribution in [3.63, 3.8) is 0 Å². The Hall–Kier alpha value is 0.210. The second-order valence-electron chi connectivity index (χ2n) is 0.101. The van der Waals surface area contributed by atoms with Gasteiger partial charge in [0.25, 0.3) is 0 Å². The summed E-state index contributed by atoms with van der Waals surface area (Å²) in [4.78, 5) is 0. The third-order valence-electron chi connectivity index (χ3n) is 0. The van der Waals surface area contributed by atoms with Gasteiger partial charge in [0.05, 0.1) is 0 Å². The minimum absolute atomic E-state index is 0. The van der Waals surface area contributed by atoms with E-state index < -0.39 is 6.93 Å². The molecule has 0 saturated carbocycles. The lowest BCUT2D eigenvalue weighted by Gasteiger charge is -1.42. The van der Waals surface area contributed by atoms with Gasteiger partial charge in [-0.15, -0.1) is 0 Å². The zero-order valence-corrected chi connectivity index (χ0v) is 2.96. The van der Waals surface area contributed by atoms with Crippen LogP contribution in [0.1, 0.15) is 0 Å². The Balaban J connectivity index is 0. The van der Waals surface area contributed by atoms with Gasteiger partial charge in [-0.3, -0.25) is 0 Å². The van der Waals surface area contributed by atoms with Crippen LogP contribution in [-0.2, 0) is 0 Å². The molecule has 3 heteroatoms. The summed E-state index contributed by atoms with van der Waals surface area (Å²) < 4.78 is 19.2. The van der Waals surface area contributed by atoms with Crippen molar-refractivity contribution in [2.24, 2.45) is 0 Å². The fourth-order valence-electron chi connectivity index (χ4n) is 0. The lowest BCUT2D eigenvalue weighted by atomic mass is 11.7. The van der Waals surface area contributed by atoms with Crippen LogP contribution in [0.3, 0.4) is 0 Å². The Kier molecular flexibility index (Phi) is 23.8. The van der Waals surface area contributed by atoms with Gasteiger partial charge in [-0.05, 0) is 0 Å². The van der Waals surface area contributed by atoms with Gasteiger partial charge in [0.2, 0.25) is 6.93 Å². The fourth-order valence-corrected chi connectivity index (χ4v) is 0. The molecule has 0 aliphatic carbocycles. The van der Waals surface area contributed by atoms with E-state index in [1.54, 1.807) is 0 Å². The van der Waals surface area contributed by atoms with Crippen molar-refractivity contribution >= 4 is 13.5 Å². The molecule has 4 heavy (non-hydrogen) atoms. The number of alkyl halides is 2. The molecular formula is CH4F2S. The number of hydrogen-bond donors (Lipinski definition) is 0. The van der Waals surface area contributed by atoms with Gasteiger partial charge in [0.15, 0.2) is 0 Å². The van der Waals surface area contributed by atoms with Crippen molar-refractivity contribution in [3.05, 3.63) is 0 Å². The average molecular weight is 86.1 g/mol. The summed E-state index contributed by atoms with van der Waals surface area (Å²) in [5, 5.41) is 0. The monoisotopic (exact) mass is 86.0 g/mol. The first kappa shape index (κ1) is 8.88. The zero-order chi connectivity index (χ0) is 2.71. The largest absolute Gasteiger partial charge is 0.229 e. The van der Waals surface area contributed by atoms with E-state index in [0.717, 1.165) is 0 Å². The van der Waals surface area contributed by atoms with E-state index in [9.17, 15) is 8.78 Å². The van der Waals surface area contributed by atoms with Gasteiger partial charge < -0.3 is 0 Å². The molecule has 0 N–H and O–H groups in total. The molecule has 0 rings (SSSR count). The van der Waals surface area contributed by atoms with Gasteiger partial charge in [0.1, 0.15) is 0 Å². The van der Waals surface area contributed by atoms with Crippen LogP contribution in [0, 0.1) is 0 Å². The molecule has 0 unspecified atom stereocenters. The molecule has 0 fully saturated rings. The maximum atomic E-state index is 9.62. The van der Waals surface area contributed by atoms with Gasteiger partial charge in [-0.25, -0.2) is 8.78 Å². The van der Waals surface area contributed by atoms with Crippen LogP contribution in [0.4, 0.5) is 8.78 Å². The second kappa shape index (κ2) is 10.7. The van der Waals surface area contributed by atoms with Crippen LogP contribution in [0.2, 0.25) is 0 Å². The van der Waals surface area contributed by atoms with E-state index in [4.69, 9.17) is 0 Å². The summed E-state index contributed by atoms with van der Waals surface area (Å²) in [5.41, 5.74) is 0. The number of rotatable bonds is 0. The highest BCUT2D eigenvalue weighted by molar-refractivity contribution is 7.59. The summed E-state index contributed by atoms with van der Waals surface area (Å²) in [6.07, 6.45) is 0. The Bertz CT molecular complexity index is 6.00. The van der Waals surface area contributed by atoms with E-state index in [2.05, 4.69) is 0 Å². The quantitative estimate of drug-likeness (QED) is 0.412. The minimum atomic E-state index is -1.75. The lowest BCUT2D eigenvalue weighted by Crippen LogP contribution is -1.34. The molecule has 0 radical (unpaired) electrons. The molecule has 0 nitrogen and oxygen atoms in total. The molecule has 0 aliphatic heterocycles. The van der Waals surface area contributed by atoms with Gasteiger partial charge in [-0.2, -0.15) is 13.5 Å². The molecule has 0 amide bonds. The van der Waals surface area contributed by atoms with Crippen molar-refractivity contribution in [2.45, 2.75) is 0 Å². The van der Waals surface area contributed by atoms with Crippen molar-refractivity contribution < 1.29 is 8.78 Å². The standard InChI is InChI=1S/CH2F2.H2S/c2-1-3;/h1H2;1H2. The van der Waals surface area contributed by atoms with Crippen LogP contribution >= 0.6 is 13.5 Å².